The summed E-state index contributed by atoms with van der Waals surface area (Å²) < 4.78 is 0. The van der Waals surface area contributed by atoms with E-state index in [1.165, 1.54) is 5.56 Å². The molecule has 20 heavy (non-hydrogen) atoms. The van der Waals surface area contributed by atoms with Gasteiger partial charge in [0, 0.05) is 18.3 Å². The monoisotopic (exact) mass is 267 g/mol. The zero-order valence-electron chi connectivity index (χ0n) is 11.6. The Balaban J connectivity index is 2.26. The van der Waals surface area contributed by atoms with Crippen LogP contribution in [0.25, 0.3) is 0 Å². The molecular formula is C15H17N5. The highest BCUT2D eigenvalue weighted by molar-refractivity contribution is 5.65. The highest BCUT2D eigenvalue weighted by atomic mass is 15.1. The van der Waals surface area contributed by atoms with E-state index in [2.05, 4.69) is 33.5 Å². The lowest BCUT2D eigenvalue weighted by Gasteiger charge is -2.14. The third-order valence-corrected chi connectivity index (χ3v) is 3.05. The molecule has 0 aliphatic carbocycles. The molecule has 0 aliphatic heterocycles. The average Bonchev–Trinajstić information content (AvgIpc) is 2.40. The molecule has 0 unspecified atom stereocenters. The van der Waals surface area contributed by atoms with Crippen molar-refractivity contribution in [1.82, 2.24) is 9.97 Å². The van der Waals surface area contributed by atoms with Gasteiger partial charge in [-0.1, -0.05) is 12.1 Å². The second kappa shape index (κ2) is 6.02. The molecule has 0 amide bonds. The van der Waals surface area contributed by atoms with Gasteiger partial charge in [0.15, 0.2) is 0 Å². The number of nitrogen functional groups attached to an aromatic ring is 1. The van der Waals surface area contributed by atoms with E-state index >= 15 is 0 Å². The summed E-state index contributed by atoms with van der Waals surface area (Å²) in [5, 5.41) is 11.9. The first-order valence-corrected chi connectivity index (χ1v) is 6.43. The first kappa shape index (κ1) is 13.8. The fraction of sp³-hybridized carbons (Fsp3) is 0.267. The van der Waals surface area contributed by atoms with Crippen molar-refractivity contribution in [2.45, 2.75) is 26.7 Å². The molecule has 0 spiro atoms. The highest BCUT2D eigenvalue weighted by Crippen LogP contribution is 2.25. The van der Waals surface area contributed by atoms with Gasteiger partial charge in [-0.05, 0) is 43.0 Å². The fourth-order valence-electron chi connectivity index (χ4n) is 2.17. The van der Waals surface area contributed by atoms with Crippen LogP contribution in [0.3, 0.4) is 0 Å². The maximum Gasteiger partial charge on any atom is 0.221 e. The molecule has 3 N–H and O–H groups in total. The van der Waals surface area contributed by atoms with Gasteiger partial charge in [-0.15, -0.1) is 0 Å². The van der Waals surface area contributed by atoms with Crippen LogP contribution in [0, 0.1) is 25.2 Å². The number of nitrogens with two attached hydrogens (primary N) is 1. The zero-order valence-corrected chi connectivity index (χ0v) is 11.6. The van der Waals surface area contributed by atoms with Gasteiger partial charge in [-0.25, -0.2) is 4.98 Å². The number of anilines is 3. The summed E-state index contributed by atoms with van der Waals surface area (Å²) in [6.07, 6.45) is 2.93. The van der Waals surface area contributed by atoms with Crippen molar-refractivity contribution >= 4 is 17.5 Å². The Morgan fingerprint density at radius 3 is 2.60 bits per heavy atom. The van der Waals surface area contributed by atoms with E-state index in [0.29, 0.717) is 12.2 Å². The minimum atomic E-state index is 0.246. The molecule has 0 fully saturated rings. The van der Waals surface area contributed by atoms with Crippen molar-refractivity contribution in [1.29, 1.82) is 5.26 Å². The van der Waals surface area contributed by atoms with Crippen LogP contribution in [0.1, 0.15) is 23.1 Å². The second-order valence-corrected chi connectivity index (χ2v) is 4.69. The van der Waals surface area contributed by atoms with Crippen molar-refractivity contribution in [2.75, 3.05) is 11.1 Å². The van der Waals surface area contributed by atoms with E-state index in [-0.39, 0.29) is 5.95 Å². The molecular weight excluding hydrogens is 250 g/mol. The first-order valence-electron chi connectivity index (χ1n) is 6.43. The van der Waals surface area contributed by atoms with Crippen LogP contribution < -0.4 is 11.1 Å². The normalized spacial score (nSPS) is 10.1. The average molecular weight is 267 g/mol. The molecule has 0 atom stereocenters. The first-order chi connectivity index (χ1) is 9.60. The molecule has 5 heteroatoms. The predicted molar refractivity (Wildman–Crippen MR) is 79.6 cm³/mol. The molecule has 0 aliphatic rings. The Kier molecular flexibility index (Phi) is 4.16. The van der Waals surface area contributed by atoms with E-state index in [4.69, 9.17) is 11.0 Å². The fourth-order valence-corrected chi connectivity index (χ4v) is 2.17. The Hall–Kier alpha value is -2.61. The van der Waals surface area contributed by atoms with Gasteiger partial charge in [-0.3, -0.25) is 0 Å². The van der Waals surface area contributed by atoms with Gasteiger partial charge in [0.25, 0.3) is 0 Å². The molecule has 1 aromatic heterocycles. The molecule has 0 saturated carbocycles. The predicted octanol–water partition coefficient (Wildman–Crippen LogP) is 2.88. The summed E-state index contributed by atoms with van der Waals surface area (Å²) in [6.45, 7) is 4.07. The summed E-state index contributed by atoms with van der Waals surface area (Å²) in [5.41, 5.74) is 10.0. The lowest BCUT2D eigenvalue weighted by Crippen LogP contribution is -2.02. The molecule has 102 valence electrons. The van der Waals surface area contributed by atoms with Gasteiger partial charge >= 0.3 is 0 Å². The molecule has 1 aromatic carbocycles. The van der Waals surface area contributed by atoms with Gasteiger partial charge in [0.05, 0.1) is 6.07 Å². The largest absolute Gasteiger partial charge is 0.368 e. The van der Waals surface area contributed by atoms with Gasteiger partial charge < -0.3 is 11.1 Å². The van der Waals surface area contributed by atoms with Crippen LogP contribution in [-0.2, 0) is 6.42 Å². The SMILES string of the molecule is Cc1cc(CCC#N)cc(C)c1Nc1ccnc(N)n1. The van der Waals surface area contributed by atoms with Crippen molar-refractivity contribution in [3.05, 3.63) is 41.1 Å². The standard InChI is InChI=1S/C15H17N5/c1-10-8-12(4-3-6-16)9-11(2)14(10)19-13-5-7-18-15(17)20-13/h5,7-9H,3-4H2,1-2H3,(H3,17,18,19,20). The van der Waals surface area contributed by atoms with E-state index in [1.54, 1.807) is 12.3 Å². The number of aryl methyl sites for hydroxylation is 3. The topological polar surface area (TPSA) is 87.6 Å². The van der Waals surface area contributed by atoms with Crippen molar-refractivity contribution in [3.8, 4) is 6.07 Å². The Labute approximate surface area is 118 Å². The van der Waals surface area contributed by atoms with Crippen molar-refractivity contribution in [3.63, 3.8) is 0 Å². The van der Waals surface area contributed by atoms with Crippen LogP contribution >= 0.6 is 0 Å². The number of rotatable bonds is 4. The van der Waals surface area contributed by atoms with Crippen molar-refractivity contribution in [2.24, 2.45) is 0 Å². The maximum absolute atomic E-state index is 8.65. The molecule has 2 aromatic rings. The Morgan fingerprint density at radius 2 is 2.00 bits per heavy atom. The third-order valence-electron chi connectivity index (χ3n) is 3.05. The number of hydrogen-bond donors (Lipinski definition) is 2. The molecule has 1 heterocycles. The van der Waals surface area contributed by atoms with Gasteiger partial charge in [0.1, 0.15) is 5.82 Å². The lowest BCUT2D eigenvalue weighted by atomic mass is 10.0. The number of nitrogens with zero attached hydrogens (tertiary/aromatic N) is 3. The number of nitrogens with one attached hydrogen (secondary N) is 1. The summed E-state index contributed by atoms with van der Waals surface area (Å²) in [7, 11) is 0. The number of benzene rings is 1. The smallest absolute Gasteiger partial charge is 0.221 e. The van der Waals surface area contributed by atoms with E-state index < -0.39 is 0 Å². The molecule has 0 saturated heterocycles. The summed E-state index contributed by atoms with van der Waals surface area (Å²) in [5.74, 6) is 0.921. The van der Waals surface area contributed by atoms with Crippen LogP contribution in [0.5, 0.6) is 0 Å². The van der Waals surface area contributed by atoms with Crippen LogP contribution in [0.2, 0.25) is 0 Å². The molecule has 2 rings (SSSR count). The van der Waals surface area contributed by atoms with Crippen LogP contribution in [-0.4, -0.2) is 9.97 Å². The second-order valence-electron chi connectivity index (χ2n) is 4.69. The Morgan fingerprint density at radius 1 is 1.30 bits per heavy atom. The van der Waals surface area contributed by atoms with Gasteiger partial charge in [0.2, 0.25) is 5.95 Å². The number of aromatic nitrogens is 2. The van der Waals surface area contributed by atoms with E-state index in [0.717, 1.165) is 23.2 Å². The molecule has 5 nitrogen and oxygen atoms in total. The zero-order chi connectivity index (χ0) is 14.5. The van der Waals surface area contributed by atoms with E-state index in [1.807, 2.05) is 13.8 Å². The molecule has 0 radical (unpaired) electrons. The summed E-state index contributed by atoms with van der Waals surface area (Å²) in [4.78, 5) is 8.01. The Bertz CT molecular complexity index is 635. The number of nitriles is 1. The minimum Gasteiger partial charge on any atom is -0.368 e. The maximum atomic E-state index is 8.65. The third kappa shape index (κ3) is 3.23. The van der Waals surface area contributed by atoms with Crippen molar-refractivity contribution < 1.29 is 0 Å². The van der Waals surface area contributed by atoms with Crippen LogP contribution in [0.15, 0.2) is 24.4 Å². The summed E-state index contributed by atoms with van der Waals surface area (Å²) >= 11 is 0. The summed E-state index contributed by atoms with van der Waals surface area (Å²) in [6, 6.07) is 8.13. The van der Waals surface area contributed by atoms with Crippen LogP contribution in [0.4, 0.5) is 17.5 Å². The highest BCUT2D eigenvalue weighted by Gasteiger charge is 2.06. The number of hydrogen-bond acceptors (Lipinski definition) is 5. The van der Waals surface area contributed by atoms with Gasteiger partial charge in [-0.2, -0.15) is 10.2 Å². The molecule has 0 bridgehead atoms. The lowest BCUT2D eigenvalue weighted by molar-refractivity contribution is 1.00. The van der Waals surface area contributed by atoms with E-state index in [9.17, 15) is 0 Å². The minimum absolute atomic E-state index is 0.246. The quantitative estimate of drug-likeness (QED) is 0.889.